The Morgan fingerprint density at radius 1 is 1.03 bits per heavy atom. The van der Waals surface area contributed by atoms with Gasteiger partial charge in [-0.1, -0.05) is 43.7 Å². The molecule has 1 fully saturated rings. The molecule has 172 valence electrons. The summed E-state index contributed by atoms with van der Waals surface area (Å²) in [5.41, 5.74) is 1.11. The fraction of sp³-hybridized carbons (Fsp3) is 0.615. The molecule has 1 aromatic rings. The van der Waals surface area contributed by atoms with Crippen molar-refractivity contribution in [1.29, 1.82) is 0 Å². The molecule has 1 saturated carbocycles. The zero-order chi connectivity index (χ0) is 22.2. The van der Waals surface area contributed by atoms with Gasteiger partial charge in [0, 0.05) is 11.1 Å². The Morgan fingerprint density at radius 3 is 2.45 bits per heavy atom. The molecule has 0 spiro atoms. The molecule has 0 amide bonds. The zero-order valence-corrected chi connectivity index (χ0v) is 18.4. The van der Waals surface area contributed by atoms with Crippen LogP contribution in [0.3, 0.4) is 0 Å². The summed E-state index contributed by atoms with van der Waals surface area (Å²) >= 11 is 0. The monoisotopic (exact) mass is 438 g/mol. The molecule has 0 aromatic heterocycles. The van der Waals surface area contributed by atoms with E-state index in [2.05, 4.69) is 25.2 Å². The smallest absolute Gasteiger partial charge is 0.261 e. The minimum atomic E-state index is -2.62. The molecular weight excluding hydrogens is 404 g/mol. The van der Waals surface area contributed by atoms with Gasteiger partial charge in [-0.3, -0.25) is 0 Å². The van der Waals surface area contributed by atoms with Crippen LogP contribution in [0.5, 0.6) is 0 Å². The molecule has 0 bridgehead atoms. The van der Waals surface area contributed by atoms with E-state index in [1.54, 1.807) is 6.07 Å². The second-order valence-electron chi connectivity index (χ2n) is 8.96. The summed E-state index contributed by atoms with van der Waals surface area (Å²) in [7, 11) is 0. The first-order chi connectivity index (χ1) is 15.0. The molecule has 0 aliphatic heterocycles. The number of hydrogen-bond donors (Lipinski definition) is 0. The van der Waals surface area contributed by atoms with E-state index >= 15 is 0 Å². The third-order valence-electron chi connectivity index (χ3n) is 6.81. The van der Waals surface area contributed by atoms with Crippen molar-refractivity contribution >= 4 is 5.57 Å². The summed E-state index contributed by atoms with van der Waals surface area (Å²) < 4.78 is 58.1. The van der Waals surface area contributed by atoms with Crippen molar-refractivity contribution < 1.29 is 22.3 Å². The Hall–Kier alpha value is -1.62. The highest BCUT2D eigenvalue weighted by atomic mass is 19.3. The summed E-state index contributed by atoms with van der Waals surface area (Å²) in [6.45, 7) is 1.06. The van der Waals surface area contributed by atoms with Crippen LogP contribution in [0.15, 0.2) is 30.4 Å². The summed E-state index contributed by atoms with van der Waals surface area (Å²) in [5, 5.41) is 0. The second kappa shape index (κ2) is 11.8. The van der Waals surface area contributed by atoms with Gasteiger partial charge in [0.15, 0.2) is 11.6 Å². The SMILES string of the molecule is CCC/C=C/C1CCC(C2CC=C(c3ccc(COCC(F)F)c(F)c3F)CC2)CC1. The van der Waals surface area contributed by atoms with E-state index in [0.29, 0.717) is 11.5 Å². The zero-order valence-electron chi connectivity index (χ0n) is 18.4. The number of hydrogen-bond acceptors (Lipinski definition) is 1. The van der Waals surface area contributed by atoms with Gasteiger partial charge in [-0.15, -0.1) is 0 Å². The van der Waals surface area contributed by atoms with Crippen molar-refractivity contribution in [1.82, 2.24) is 0 Å². The number of unbranched alkanes of at least 4 members (excludes halogenated alkanes) is 1. The van der Waals surface area contributed by atoms with Crippen LogP contribution in [-0.4, -0.2) is 13.0 Å². The number of rotatable bonds is 9. The Kier molecular flexibility index (Phi) is 9.18. The van der Waals surface area contributed by atoms with Crippen LogP contribution in [0.4, 0.5) is 17.6 Å². The maximum absolute atomic E-state index is 14.6. The molecule has 1 aromatic carbocycles. The van der Waals surface area contributed by atoms with Gasteiger partial charge >= 0.3 is 0 Å². The maximum atomic E-state index is 14.6. The van der Waals surface area contributed by atoms with Crippen molar-refractivity contribution in [3.05, 3.63) is 53.1 Å². The fourth-order valence-electron chi connectivity index (χ4n) is 5.00. The molecule has 5 heteroatoms. The van der Waals surface area contributed by atoms with Crippen molar-refractivity contribution in [3.8, 4) is 0 Å². The fourth-order valence-corrected chi connectivity index (χ4v) is 5.00. The van der Waals surface area contributed by atoms with E-state index in [9.17, 15) is 17.6 Å². The van der Waals surface area contributed by atoms with Crippen LogP contribution in [0.2, 0.25) is 0 Å². The van der Waals surface area contributed by atoms with Crippen LogP contribution in [0.25, 0.3) is 5.57 Å². The lowest BCUT2D eigenvalue weighted by atomic mass is 9.71. The van der Waals surface area contributed by atoms with Crippen LogP contribution >= 0.6 is 0 Å². The number of ether oxygens (including phenoxy) is 1. The van der Waals surface area contributed by atoms with Gasteiger partial charge in [-0.2, -0.15) is 0 Å². The van der Waals surface area contributed by atoms with Gasteiger partial charge in [0.25, 0.3) is 6.43 Å². The lowest BCUT2D eigenvalue weighted by molar-refractivity contribution is 0.00887. The molecular formula is C26H34F4O. The normalized spacial score (nSPS) is 24.7. The Labute approximate surface area is 183 Å². The first-order valence-corrected chi connectivity index (χ1v) is 11.7. The highest BCUT2D eigenvalue weighted by Crippen LogP contribution is 2.42. The van der Waals surface area contributed by atoms with E-state index in [1.165, 1.54) is 38.2 Å². The Balaban J connectivity index is 1.55. The molecule has 1 nitrogen and oxygen atoms in total. The van der Waals surface area contributed by atoms with Crippen LogP contribution in [-0.2, 0) is 11.3 Å². The van der Waals surface area contributed by atoms with Gasteiger partial charge in [0.05, 0.1) is 6.61 Å². The lowest BCUT2D eigenvalue weighted by Gasteiger charge is -2.35. The van der Waals surface area contributed by atoms with Gasteiger partial charge < -0.3 is 4.74 Å². The standard InChI is InChI=1S/C26H34F4O/c1-2-3-4-5-18-6-8-19(9-7-18)20-10-12-21(13-11-20)23-15-14-22(25(29)26(23)30)16-31-17-24(27)28/h4-5,12,14-15,18-20,24H,2-3,6-11,13,16-17H2,1H3/b5-4+. The predicted octanol–water partition coefficient (Wildman–Crippen LogP) is 8.09. The highest BCUT2D eigenvalue weighted by molar-refractivity contribution is 5.67. The molecule has 0 heterocycles. The molecule has 1 atom stereocenters. The number of halogens is 4. The third-order valence-corrected chi connectivity index (χ3v) is 6.81. The number of benzene rings is 1. The number of allylic oxidation sites excluding steroid dienone is 4. The van der Waals surface area contributed by atoms with E-state index in [0.717, 1.165) is 43.1 Å². The largest absolute Gasteiger partial charge is 0.371 e. The summed E-state index contributed by atoms with van der Waals surface area (Å²) in [6, 6.07) is 3.00. The first kappa shape index (κ1) is 24.0. The first-order valence-electron chi connectivity index (χ1n) is 11.7. The molecule has 0 radical (unpaired) electrons. The van der Waals surface area contributed by atoms with Gasteiger partial charge in [-0.25, -0.2) is 17.6 Å². The van der Waals surface area contributed by atoms with Gasteiger partial charge in [-0.05, 0) is 74.7 Å². The topological polar surface area (TPSA) is 9.23 Å². The lowest BCUT2D eigenvalue weighted by Crippen LogP contribution is -2.22. The molecule has 3 rings (SSSR count). The highest BCUT2D eigenvalue weighted by Gasteiger charge is 2.29. The quantitative estimate of drug-likeness (QED) is 0.280. The van der Waals surface area contributed by atoms with E-state index in [1.807, 2.05) is 0 Å². The van der Waals surface area contributed by atoms with Gasteiger partial charge in [0.2, 0.25) is 0 Å². The van der Waals surface area contributed by atoms with E-state index in [-0.39, 0.29) is 12.2 Å². The predicted molar refractivity (Wildman–Crippen MR) is 117 cm³/mol. The molecule has 2 aliphatic rings. The second-order valence-corrected chi connectivity index (χ2v) is 8.96. The molecule has 0 N–H and O–H groups in total. The summed E-state index contributed by atoms with van der Waals surface area (Å²) in [5.74, 6) is 0.174. The van der Waals surface area contributed by atoms with Crippen molar-refractivity contribution in [2.75, 3.05) is 6.61 Å². The summed E-state index contributed by atoms with van der Waals surface area (Å²) in [4.78, 5) is 0. The summed E-state index contributed by atoms with van der Waals surface area (Å²) in [6.07, 6.45) is 14.2. The van der Waals surface area contributed by atoms with Crippen LogP contribution in [0, 0.1) is 29.4 Å². The Bertz CT molecular complexity index is 763. The van der Waals surface area contributed by atoms with Gasteiger partial charge in [0.1, 0.15) is 6.61 Å². The maximum Gasteiger partial charge on any atom is 0.261 e. The van der Waals surface area contributed by atoms with Crippen molar-refractivity contribution in [2.24, 2.45) is 17.8 Å². The average Bonchev–Trinajstić information content (AvgIpc) is 2.77. The van der Waals surface area contributed by atoms with Crippen LogP contribution < -0.4 is 0 Å². The Morgan fingerprint density at radius 2 is 1.81 bits per heavy atom. The average molecular weight is 439 g/mol. The molecule has 2 aliphatic carbocycles. The van der Waals surface area contributed by atoms with Crippen molar-refractivity contribution in [2.45, 2.75) is 77.7 Å². The molecule has 31 heavy (non-hydrogen) atoms. The van der Waals surface area contributed by atoms with E-state index in [4.69, 9.17) is 4.74 Å². The van der Waals surface area contributed by atoms with Crippen LogP contribution in [0.1, 0.15) is 75.8 Å². The minimum absolute atomic E-state index is 0.0269. The van der Waals surface area contributed by atoms with Crippen molar-refractivity contribution in [3.63, 3.8) is 0 Å². The number of alkyl halides is 2. The molecule has 0 saturated heterocycles. The third kappa shape index (κ3) is 6.68. The minimum Gasteiger partial charge on any atom is -0.371 e. The van der Waals surface area contributed by atoms with E-state index < -0.39 is 24.7 Å². The molecule has 1 unspecified atom stereocenters.